The van der Waals surface area contributed by atoms with Crippen LogP contribution in [-0.2, 0) is 11.2 Å². The molecule has 3 aromatic rings. The average molecular weight is 461 g/mol. The van der Waals surface area contributed by atoms with Crippen LogP contribution in [0, 0.1) is 11.7 Å². The van der Waals surface area contributed by atoms with Gasteiger partial charge >= 0.3 is 0 Å². The van der Waals surface area contributed by atoms with Crippen LogP contribution in [0.25, 0.3) is 0 Å². The Bertz CT molecular complexity index is 1100. The molecule has 2 unspecified atom stereocenters. The number of methoxy groups -OCH3 is 1. The van der Waals surface area contributed by atoms with E-state index < -0.39 is 0 Å². The molecule has 0 saturated carbocycles. The molecule has 2 amide bonds. The molecule has 0 spiro atoms. The number of rotatable bonds is 7. The second-order valence-electron chi connectivity index (χ2n) is 8.65. The second kappa shape index (κ2) is 11.0. The lowest BCUT2D eigenvalue weighted by atomic mass is 9.83. The van der Waals surface area contributed by atoms with Crippen molar-refractivity contribution in [3.8, 4) is 5.75 Å². The van der Waals surface area contributed by atoms with Crippen molar-refractivity contribution in [2.45, 2.75) is 18.8 Å². The Morgan fingerprint density at radius 3 is 2.35 bits per heavy atom. The van der Waals surface area contributed by atoms with Crippen LogP contribution in [0.2, 0.25) is 0 Å². The molecule has 0 aliphatic carbocycles. The topological polar surface area (TPSA) is 58.6 Å². The van der Waals surface area contributed by atoms with Crippen molar-refractivity contribution in [2.24, 2.45) is 5.92 Å². The van der Waals surface area contributed by atoms with Gasteiger partial charge in [0.05, 0.1) is 13.0 Å². The predicted octanol–water partition coefficient (Wildman–Crippen LogP) is 4.44. The first-order chi connectivity index (χ1) is 16.5. The quantitative estimate of drug-likeness (QED) is 0.567. The second-order valence-corrected chi connectivity index (χ2v) is 8.65. The number of hydrogen-bond donors (Lipinski definition) is 1. The molecule has 0 aromatic heterocycles. The Labute approximate surface area is 199 Å². The number of carbonyl (C=O) groups excluding carboxylic acids is 2. The summed E-state index contributed by atoms with van der Waals surface area (Å²) in [6, 6.07) is 23.3. The number of amides is 2. The Hall–Kier alpha value is -3.67. The zero-order chi connectivity index (χ0) is 23.9. The maximum absolute atomic E-state index is 13.3. The van der Waals surface area contributed by atoms with Gasteiger partial charge in [0, 0.05) is 31.1 Å². The third-order valence-corrected chi connectivity index (χ3v) is 6.34. The number of likely N-dealkylation sites (tertiary alicyclic amines) is 1. The van der Waals surface area contributed by atoms with E-state index in [1.807, 2.05) is 54.6 Å². The number of hydrogen-bond acceptors (Lipinski definition) is 3. The SMILES string of the molecule is COc1ccc(CCNC(=O)C2CC(c3ccccc3)CN(C(=O)c3ccc(F)cc3)C2)cc1. The largest absolute Gasteiger partial charge is 0.497 e. The highest BCUT2D eigenvalue weighted by Crippen LogP contribution is 2.31. The van der Waals surface area contributed by atoms with E-state index in [4.69, 9.17) is 4.74 Å². The normalized spacial score (nSPS) is 17.8. The van der Waals surface area contributed by atoms with Gasteiger partial charge in [-0.3, -0.25) is 9.59 Å². The molecule has 1 fully saturated rings. The molecular weight excluding hydrogens is 431 g/mol. The van der Waals surface area contributed by atoms with Gasteiger partial charge in [0.15, 0.2) is 0 Å². The predicted molar refractivity (Wildman–Crippen MR) is 129 cm³/mol. The summed E-state index contributed by atoms with van der Waals surface area (Å²) in [5.41, 5.74) is 2.64. The smallest absolute Gasteiger partial charge is 0.253 e. The summed E-state index contributed by atoms with van der Waals surface area (Å²) < 4.78 is 18.5. The monoisotopic (exact) mass is 460 g/mol. The maximum Gasteiger partial charge on any atom is 0.253 e. The van der Waals surface area contributed by atoms with Gasteiger partial charge in [0.25, 0.3) is 5.91 Å². The van der Waals surface area contributed by atoms with E-state index in [0.717, 1.165) is 16.9 Å². The van der Waals surface area contributed by atoms with Gasteiger partial charge in [0.2, 0.25) is 5.91 Å². The van der Waals surface area contributed by atoms with Crippen molar-refractivity contribution >= 4 is 11.8 Å². The van der Waals surface area contributed by atoms with Gasteiger partial charge < -0.3 is 15.0 Å². The summed E-state index contributed by atoms with van der Waals surface area (Å²) in [5.74, 6) is -0.0852. The van der Waals surface area contributed by atoms with Crippen molar-refractivity contribution in [1.82, 2.24) is 10.2 Å². The van der Waals surface area contributed by atoms with Crippen LogP contribution in [0.3, 0.4) is 0 Å². The molecule has 1 N–H and O–H groups in total. The third kappa shape index (κ3) is 5.81. The zero-order valence-corrected chi connectivity index (χ0v) is 19.2. The molecule has 3 aromatic carbocycles. The Morgan fingerprint density at radius 1 is 0.971 bits per heavy atom. The van der Waals surface area contributed by atoms with Gasteiger partial charge in [0.1, 0.15) is 11.6 Å². The summed E-state index contributed by atoms with van der Waals surface area (Å²) in [6.45, 7) is 1.38. The lowest BCUT2D eigenvalue weighted by Gasteiger charge is -2.37. The Balaban J connectivity index is 1.44. The fourth-order valence-corrected chi connectivity index (χ4v) is 4.46. The lowest BCUT2D eigenvalue weighted by molar-refractivity contribution is -0.126. The minimum Gasteiger partial charge on any atom is -0.497 e. The van der Waals surface area contributed by atoms with E-state index in [1.54, 1.807) is 12.0 Å². The van der Waals surface area contributed by atoms with Gasteiger partial charge in [-0.2, -0.15) is 0 Å². The fraction of sp³-hybridized carbons (Fsp3) is 0.286. The Morgan fingerprint density at radius 2 is 1.68 bits per heavy atom. The van der Waals surface area contributed by atoms with E-state index >= 15 is 0 Å². The van der Waals surface area contributed by atoms with Crippen molar-refractivity contribution in [3.05, 3.63) is 101 Å². The van der Waals surface area contributed by atoms with Gasteiger partial charge in [-0.1, -0.05) is 42.5 Å². The highest BCUT2D eigenvalue weighted by Gasteiger charge is 2.34. The number of carbonyl (C=O) groups is 2. The third-order valence-electron chi connectivity index (χ3n) is 6.34. The van der Waals surface area contributed by atoms with E-state index in [1.165, 1.54) is 24.3 Å². The molecule has 4 rings (SSSR count). The molecule has 0 bridgehead atoms. The number of halogens is 1. The molecule has 176 valence electrons. The standard InChI is InChI=1S/C28H29FN2O3/c1-34-26-13-7-20(8-14-26)15-16-30-27(32)24-17-23(21-5-3-2-4-6-21)18-31(19-24)28(33)22-9-11-25(29)12-10-22/h2-14,23-24H,15-19H2,1H3,(H,30,32). The Kier molecular flexibility index (Phi) is 7.58. The minimum atomic E-state index is -0.383. The van der Waals surface area contributed by atoms with Crippen LogP contribution in [0.1, 0.15) is 33.8 Å². The fourth-order valence-electron chi connectivity index (χ4n) is 4.46. The molecular formula is C28H29FN2O3. The van der Waals surface area contributed by atoms with E-state index in [2.05, 4.69) is 5.32 Å². The average Bonchev–Trinajstić information content (AvgIpc) is 2.89. The molecule has 1 aliphatic rings. The van der Waals surface area contributed by atoms with Crippen molar-refractivity contribution in [2.75, 3.05) is 26.7 Å². The highest BCUT2D eigenvalue weighted by molar-refractivity contribution is 5.94. The number of ether oxygens (including phenoxy) is 1. The summed E-state index contributed by atoms with van der Waals surface area (Å²) in [4.78, 5) is 28.0. The number of nitrogens with one attached hydrogen (secondary N) is 1. The van der Waals surface area contributed by atoms with Crippen LogP contribution in [0.15, 0.2) is 78.9 Å². The first kappa shape index (κ1) is 23.5. The zero-order valence-electron chi connectivity index (χ0n) is 19.2. The molecule has 0 radical (unpaired) electrons. The maximum atomic E-state index is 13.3. The van der Waals surface area contributed by atoms with Crippen molar-refractivity contribution < 1.29 is 18.7 Å². The van der Waals surface area contributed by atoms with Gasteiger partial charge in [-0.15, -0.1) is 0 Å². The number of nitrogens with zero attached hydrogens (tertiary/aromatic N) is 1. The van der Waals surface area contributed by atoms with Crippen molar-refractivity contribution in [3.63, 3.8) is 0 Å². The minimum absolute atomic E-state index is 0.0500. The van der Waals surface area contributed by atoms with E-state index in [9.17, 15) is 14.0 Å². The van der Waals surface area contributed by atoms with E-state index in [0.29, 0.717) is 38.0 Å². The summed E-state index contributed by atoms with van der Waals surface area (Å²) >= 11 is 0. The molecule has 1 heterocycles. The van der Waals surface area contributed by atoms with Crippen LogP contribution in [0.4, 0.5) is 4.39 Å². The molecule has 5 nitrogen and oxygen atoms in total. The first-order valence-electron chi connectivity index (χ1n) is 11.5. The molecule has 6 heteroatoms. The number of benzene rings is 3. The molecule has 34 heavy (non-hydrogen) atoms. The first-order valence-corrected chi connectivity index (χ1v) is 11.5. The van der Waals surface area contributed by atoms with Crippen molar-refractivity contribution in [1.29, 1.82) is 0 Å². The molecule has 1 aliphatic heterocycles. The van der Waals surface area contributed by atoms with Crippen LogP contribution >= 0.6 is 0 Å². The summed E-state index contributed by atoms with van der Waals surface area (Å²) in [7, 11) is 1.63. The summed E-state index contributed by atoms with van der Waals surface area (Å²) in [6.07, 6.45) is 1.38. The van der Waals surface area contributed by atoms with E-state index in [-0.39, 0.29) is 29.5 Å². The lowest BCUT2D eigenvalue weighted by Crippen LogP contribution is -2.48. The summed E-state index contributed by atoms with van der Waals surface area (Å²) in [5, 5.41) is 3.05. The van der Waals surface area contributed by atoms with Crippen LogP contribution in [-0.4, -0.2) is 43.5 Å². The highest BCUT2D eigenvalue weighted by atomic mass is 19.1. The molecule has 1 saturated heterocycles. The number of piperidine rings is 1. The van der Waals surface area contributed by atoms with Gasteiger partial charge in [-0.05, 0) is 60.4 Å². The van der Waals surface area contributed by atoms with Gasteiger partial charge in [-0.25, -0.2) is 4.39 Å². The molecule has 2 atom stereocenters. The van der Waals surface area contributed by atoms with Crippen LogP contribution in [0.5, 0.6) is 5.75 Å². The van der Waals surface area contributed by atoms with Crippen LogP contribution < -0.4 is 10.1 Å².